The number of rotatable bonds is 2. The summed E-state index contributed by atoms with van der Waals surface area (Å²) in [5.74, 6) is -1.43. The lowest BCUT2D eigenvalue weighted by molar-refractivity contribution is -0.187. The monoisotopic (exact) mass is 325 g/mol. The van der Waals surface area contributed by atoms with E-state index < -0.39 is 18.0 Å². The maximum Gasteiger partial charge on any atom is 0.391 e. The molecule has 0 bridgehead atoms. The number of carbonyl (C=O) groups excluding carboxylic acids is 1. The van der Waals surface area contributed by atoms with E-state index in [2.05, 4.69) is 0 Å². The molecule has 1 amide bonds. The van der Waals surface area contributed by atoms with Gasteiger partial charge in [0.2, 0.25) is 5.91 Å². The van der Waals surface area contributed by atoms with Crippen LogP contribution in [0.25, 0.3) is 0 Å². The highest BCUT2D eigenvalue weighted by Gasteiger charge is 2.44. The number of piperidine rings is 1. The molecule has 3 atom stereocenters. The molecule has 3 unspecified atom stereocenters. The van der Waals surface area contributed by atoms with Crippen molar-refractivity contribution in [2.75, 3.05) is 13.1 Å². The molecule has 2 aliphatic rings. The van der Waals surface area contributed by atoms with Gasteiger partial charge in [0.25, 0.3) is 0 Å². The zero-order chi connectivity index (χ0) is 15.6. The van der Waals surface area contributed by atoms with Gasteiger partial charge in [-0.05, 0) is 44.9 Å². The van der Waals surface area contributed by atoms with Crippen LogP contribution in [-0.2, 0) is 4.79 Å². The molecule has 0 aromatic heterocycles. The summed E-state index contributed by atoms with van der Waals surface area (Å²) in [5, 5.41) is 0.0894. The molecule has 1 heterocycles. The van der Waals surface area contributed by atoms with E-state index in [1.807, 2.05) is 6.92 Å². The quantitative estimate of drug-likeness (QED) is 0.696. The van der Waals surface area contributed by atoms with Crippen LogP contribution in [-0.4, -0.2) is 35.4 Å². The number of likely N-dealkylation sites (tertiary alicyclic amines) is 1. The maximum absolute atomic E-state index is 12.8. The first kappa shape index (κ1) is 16.9. The van der Waals surface area contributed by atoms with Crippen molar-refractivity contribution in [3.05, 3.63) is 0 Å². The van der Waals surface area contributed by atoms with Gasteiger partial charge in [0.05, 0.1) is 5.92 Å². The van der Waals surface area contributed by atoms with E-state index in [9.17, 15) is 18.0 Å². The molecule has 1 aliphatic heterocycles. The molecule has 6 heteroatoms. The van der Waals surface area contributed by atoms with Gasteiger partial charge in [-0.25, -0.2) is 0 Å². The summed E-state index contributed by atoms with van der Waals surface area (Å²) in [7, 11) is 0. The minimum Gasteiger partial charge on any atom is -0.342 e. The number of nitrogens with zero attached hydrogens (tertiary/aromatic N) is 1. The van der Waals surface area contributed by atoms with Gasteiger partial charge in [0.1, 0.15) is 0 Å². The van der Waals surface area contributed by atoms with Crippen LogP contribution >= 0.6 is 11.6 Å². The minimum absolute atomic E-state index is 0.0336. The fourth-order valence-corrected chi connectivity index (χ4v) is 3.80. The standard InChI is InChI=1S/C15H23ClF3NO/c1-10(16)11-5-7-20(8-6-11)14(21)12-3-2-4-13(9-12)15(17,18)19/h10-13H,2-9H2,1H3. The lowest BCUT2D eigenvalue weighted by Crippen LogP contribution is -2.44. The van der Waals surface area contributed by atoms with Crippen molar-refractivity contribution in [3.63, 3.8) is 0 Å². The maximum atomic E-state index is 12.8. The second-order valence-corrected chi connectivity index (χ2v) is 7.13. The molecule has 2 fully saturated rings. The minimum atomic E-state index is -4.17. The summed E-state index contributed by atoms with van der Waals surface area (Å²) >= 11 is 6.07. The van der Waals surface area contributed by atoms with Crippen LogP contribution in [0.3, 0.4) is 0 Å². The predicted molar refractivity (Wildman–Crippen MR) is 76.1 cm³/mol. The van der Waals surface area contributed by atoms with E-state index in [0.29, 0.717) is 31.8 Å². The van der Waals surface area contributed by atoms with Crippen LogP contribution in [0.1, 0.15) is 45.4 Å². The van der Waals surface area contributed by atoms with Crippen LogP contribution in [0.15, 0.2) is 0 Å². The van der Waals surface area contributed by atoms with Gasteiger partial charge in [-0.3, -0.25) is 4.79 Å². The van der Waals surface area contributed by atoms with Crippen molar-refractivity contribution in [1.82, 2.24) is 4.90 Å². The van der Waals surface area contributed by atoms with Crippen LogP contribution in [0.4, 0.5) is 13.2 Å². The molecule has 2 nitrogen and oxygen atoms in total. The fourth-order valence-electron chi connectivity index (χ4n) is 3.55. The van der Waals surface area contributed by atoms with Crippen molar-refractivity contribution >= 4 is 17.5 Å². The van der Waals surface area contributed by atoms with Gasteiger partial charge in [-0.1, -0.05) is 6.42 Å². The van der Waals surface area contributed by atoms with Gasteiger partial charge in [-0.15, -0.1) is 11.6 Å². The van der Waals surface area contributed by atoms with Gasteiger partial charge in [0, 0.05) is 24.4 Å². The molecule has 1 aliphatic carbocycles. The summed E-state index contributed by atoms with van der Waals surface area (Å²) < 4.78 is 38.5. The fraction of sp³-hybridized carbons (Fsp3) is 0.933. The molecular formula is C15H23ClF3NO. The average molecular weight is 326 g/mol. The molecule has 0 aromatic carbocycles. The Kier molecular flexibility index (Phi) is 5.44. The third-order valence-corrected chi connectivity index (χ3v) is 5.34. The highest BCUT2D eigenvalue weighted by Crippen LogP contribution is 2.40. The zero-order valence-corrected chi connectivity index (χ0v) is 13.1. The molecule has 21 heavy (non-hydrogen) atoms. The predicted octanol–water partition coefficient (Wildman–Crippen LogP) is 4.22. The third kappa shape index (κ3) is 4.27. The Morgan fingerprint density at radius 1 is 1.19 bits per heavy atom. The lowest BCUT2D eigenvalue weighted by Gasteiger charge is -2.37. The SMILES string of the molecule is CC(Cl)C1CCN(C(=O)C2CCCC(C(F)(F)F)C2)CC1. The van der Waals surface area contributed by atoms with Crippen LogP contribution in [0.2, 0.25) is 0 Å². The topological polar surface area (TPSA) is 20.3 Å². The first-order valence-electron chi connectivity index (χ1n) is 7.78. The third-order valence-electron chi connectivity index (χ3n) is 4.99. The number of hydrogen-bond acceptors (Lipinski definition) is 1. The summed E-state index contributed by atoms with van der Waals surface area (Å²) in [5.41, 5.74) is 0. The van der Waals surface area contributed by atoms with Crippen LogP contribution in [0, 0.1) is 17.8 Å². The molecule has 0 aromatic rings. The average Bonchev–Trinajstić information content (AvgIpc) is 2.46. The van der Waals surface area contributed by atoms with Gasteiger partial charge >= 0.3 is 6.18 Å². The Balaban J connectivity index is 1.89. The van der Waals surface area contributed by atoms with Gasteiger partial charge in [-0.2, -0.15) is 13.2 Å². The van der Waals surface area contributed by atoms with Crippen molar-refractivity contribution in [2.24, 2.45) is 17.8 Å². The molecule has 0 spiro atoms. The van der Waals surface area contributed by atoms with Crippen LogP contribution < -0.4 is 0 Å². The number of alkyl halides is 4. The van der Waals surface area contributed by atoms with Crippen LogP contribution in [0.5, 0.6) is 0 Å². The van der Waals surface area contributed by atoms with Gasteiger partial charge < -0.3 is 4.90 Å². The second kappa shape index (κ2) is 6.76. The molecule has 2 rings (SSSR count). The molecule has 0 radical (unpaired) electrons. The van der Waals surface area contributed by atoms with Gasteiger partial charge in [0.15, 0.2) is 0 Å². The van der Waals surface area contributed by atoms with E-state index in [4.69, 9.17) is 11.6 Å². The first-order valence-corrected chi connectivity index (χ1v) is 8.22. The highest BCUT2D eigenvalue weighted by atomic mass is 35.5. The van der Waals surface area contributed by atoms with E-state index in [-0.39, 0.29) is 24.1 Å². The van der Waals surface area contributed by atoms with E-state index in [0.717, 1.165) is 12.8 Å². The molecule has 1 saturated heterocycles. The number of carbonyl (C=O) groups is 1. The van der Waals surface area contributed by atoms with Crippen molar-refractivity contribution in [2.45, 2.75) is 57.0 Å². The van der Waals surface area contributed by atoms with E-state index in [1.54, 1.807) is 4.90 Å². The zero-order valence-electron chi connectivity index (χ0n) is 12.3. The highest BCUT2D eigenvalue weighted by molar-refractivity contribution is 6.20. The lowest BCUT2D eigenvalue weighted by atomic mass is 9.80. The summed E-state index contributed by atoms with van der Waals surface area (Å²) in [6.07, 6.45) is -1.24. The number of hydrogen-bond donors (Lipinski definition) is 0. The normalized spacial score (nSPS) is 30.2. The molecule has 1 saturated carbocycles. The Morgan fingerprint density at radius 3 is 2.33 bits per heavy atom. The van der Waals surface area contributed by atoms with E-state index >= 15 is 0 Å². The molecule has 0 N–H and O–H groups in total. The number of amides is 1. The number of halogens is 4. The Bertz CT molecular complexity index is 364. The first-order chi connectivity index (χ1) is 9.79. The Hall–Kier alpha value is -0.450. The summed E-state index contributed by atoms with van der Waals surface area (Å²) in [6.45, 7) is 3.22. The molecular weight excluding hydrogens is 303 g/mol. The Morgan fingerprint density at radius 2 is 1.81 bits per heavy atom. The Labute approximate surface area is 129 Å². The largest absolute Gasteiger partial charge is 0.391 e. The van der Waals surface area contributed by atoms with Crippen molar-refractivity contribution in [1.29, 1.82) is 0 Å². The second-order valence-electron chi connectivity index (χ2n) is 6.44. The van der Waals surface area contributed by atoms with Crippen molar-refractivity contribution < 1.29 is 18.0 Å². The summed E-state index contributed by atoms with van der Waals surface area (Å²) in [6, 6.07) is 0. The van der Waals surface area contributed by atoms with Crippen molar-refractivity contribution in [3.8, 4) is 0 Å². The molecule has 122 valence electrons. The summed E-state index contributed by atoms with van der Waals surface area (Å²) in [4.78, 5) is 14.2. The smallest absolute Gasteiger partial charge is 0.342 e. The van der Waals surface area contributed by atoms with E-state index in [1.165, 1.54) is 0 Å².